The lowest BCUT2D eigenvalue weighted by molar-refractivity contribution is 0.827. The summed E-state index contributed by atoms with van der Waals surface area (Å²) in [6.45, 7) is 5.10. The van der Waals surface area contributed by atoms with E-state index in [0.29, 0.717) is 0 Å². The lowest BCUT2D eigenvalue weighted by Crippen LogP contribution is -1.98. The SMILES string of the molecule is CCn1c2ccccc2c2cccc(/C=N/Nc3cc(C)nc4ccccc34)c21. The second-order valence-electron chi connectivity index (χ2n) is 7.20. The molecule has 4 nitrogen and oxygen atoms in total. The van der Waals surface area contributed by atoms with Crippen LogP contribution in [0.4, 0.5) is 5.69 Å². The van der Waals surface area contributed by atoms with Gasteiger partial charge in [-0.1, -0.05) is 54.6 Å². The van der Waals surface area contributed by atoms with Crippen LogP contribution in [0, 0.1) is 6.92 Å². The molecule has 0 aliphatic heterocycles. The Kier molecular flexibility index (Phi) is 4.24. The fourth-order valence-corrected chi connectivity index (χ4v) is 4.14. The van der Waals surface area contributed by atoms with Crippen LogP contribution in [0.15, 0.2) is 77.9 Å². The van der Waals surface area contributed by atoms with E-state index >= 15 is 0 Å². The first-order chi connectivity index (χ1) is 14.3. The van der Waals surface area contributed by atoms with Gasteiger partial charge in [-0.3, -0.25) is 10.4 Å². The van der Waals surface area contributed by atoms with E-state index in [1.807, 2.05) is 37.4 Å². The number of hydrogen-bond donors (Lipinski definition) is 1. The Morgan fingerprint density at radius 1 is 0.931 bits per heavy atom. The van der Waals surface area contributed by atoms with Gasteiger partial charge in [-0.05, 0) is 32.0 Å². The van der Waals surface area contributed by atoms with E-state index in [2.05, 4.69) is 75.5 Å². The van der Waals surface area contributed by atoms with Crippen LogP contribution in [0.5, 0.6) is 0 Å². The number of aryl methyl sites for hydroxylation is 2. The summed E-state index contributed by atoms with van der Waals surface area (Å²) in [6.07, 6.45) is 1.91. The van der Waals surface area contributed by atoms with Crippen molar-refractivity contribution in [3.05, 3.63) is 84.1 Å². The Labute approximate surface area is 169 Å². The van der Waals surface area contributed by atoms with Crippen LogP contribution in [0.25, 0.3) is 32.7 Å². The van der Waals surface area contributed by atoms with Gasteiger partial charge < -0.3 is 4.57 Å². The normalized spacial score (nSPS) is 11.8. The molecule has 0 saturated carbocycles. The third-order valence-corrected chi connectivity index (χ3v) is 5.37. The lowest BCUT2D eigenvalue weighted by Gasteiger charge is -2.08. The van der Waals surface area contributed by atoms with Gasteiger partial charge in [-0.15, -0.1) is 0 Å². The molecule has 1 N–H and O–H groups in total. The Morgan fingerprint density at radius 3 is 2.55 bits per heavy atom. The number of fused-ring (bicyclic) bond motifs is 4. The molecule has 0 fully saturated rings. The van der Waals surface area contributed by atoms with Crippen LogP contribution >= 0.6 is 0 Å². The molecule has 4 heteroatoms. The predicted molar refractivity (Wildman–Crippen MR) is 123 cm³/mol. The fraction of sp³-hybridized carbons (Fsp3) is 0.120. The fourth-order valence-electron chi connectivity index (χ4n) is 4.14. The van der Waals surface area contributed by atoms with Gasteiger partial charge in [0.05, 0.1) is 22.9 Å². The van der Waals surface area contributed by atoms with Crippen LogP contribution in [0.2, 0.25) is 0 Å². The number of aromatic nitrogens is 2. The smallest absolute Gasteiger partial charge is 0.0726 e. The Morgan fingerprint density at radius 2 is 1.69 bits per heavy atom. The van der Waals surface area contributed by atoms with Gasteiger partial charge in [-0.25, -0.2) is 0 Å². The summed E-state index contributed by atoms with van der Waals surface area (Å²) in [5, 5.41) is 8.19. The second kappa shape index (κ2) is 7.06. The average Bonchev–Trinajstić information content (AvgIpc) is 3.08. The number of pyridine rings is 1. The van der Waals surface area contributed by atoms with Crippen molar-refractivity contribution in [1.29, 1.82) is 0 Å². The van der Waals surface area contributed by atoms with Crippen molar-refractivity contribution in [1.82, 2.24) is 9.55 Å². The summed E-state index contributed by atoms with van der Waals surface area (Å²) < 4.78 is 2.36. The molecule has 0 radical (unpaired) electrons. The first kappa shape index (κ1) is 17.4. The maximum atomic E-state index is 4.60. The molecule has 0 saturated heterocycles. The summed E-state index contributed by atoms with van der Waals surface area (Å²) in [4.78, 5) is 4.60. The van der Waals surface area contributed by atoms with Gasteiger partial charge in [-0.2, -0.15) is 5.10 Å². The summed E-state index contributed by atoms with van der Waals surface area (Å²) in [7, 11) is 0. The molecular formula is C25H22N4. The number of hydrazone groups is 1. The lowest BCUT2D eigenvalue weighted by atomic mass is 10.1. The molecule has 5 rings (SSSR count). The molecule has 0 unspecified atom stereocenters. The summed E-state index contributed by atoms with van der Waals surface area (Å²) in [6, 6.07) is 25.1. The van der Waals surface area contributed by atoms with E-state index < -0.39 is 0 Å². The third-order valence-electron chi connectivity index (χ3n) is 5.37. The molecule has 0 aliphatic rings. The quantitative estimate of drug-likeness (QED) is 0.302. The van der Waals surface area contributed by atoms with E-state index in [0.717, 1.165) is 34.4 Å². The largest absolute Gasteiger partial charge is 0.340 e. The zero-order valence-electron chi connectivity index (χ0n) is 16.6. The molecule has 0 atom stereocenters. The zero-order chi connectivity index (χ0) is 19.8. The topological polar surface area (TPSA) is 42.2 Å². The van der Waals surface area contributed by atoms with Crippen molar-refractivity contribution in [2.24, 2.45) is 5.10 Å². The monoisotopic (exact) mass is 378 g/mol. The molecule has 142 valence electrons. The minimum atomic E-state index is 0.913. The molecule has 0 bridgehead atoms. The number of benzene rings is 3. The minimum Gasteiger partial charge on any atom is -0.340 e. The Bertz CT molecular complexity index is 1380. The molecule has 2 heterocycles. The number of rotatable bonds is 4. The molecular weight excluding hydrogens is 356 g/mol. The summed E-state index contributed by atoms with van der Waals surface area (Å²) >= 11 is 0. The first-order valence-electron chi connectivity index (χ1n) is 9.91. The highest BCUT2D eigenvalue weighted by atomic mass is 15.3. The van der Waals surface area contributed by atoms with Crippen molar-refractivity contribution in [2.75, 3.05) is 5.43 Å². The molecule has 3 aromatic carbocycles. The molecule has 5 aromatic rings. The van der Waals surface area contributed by atoms with E-state index in [1.54, 1.807) is 0 Å². The number of hydrogen-bond acceptors (Lipinski definition) is 3. The van der Waals surface area contributed by atoms with Gasteiger partial charge in [0.25, 0.3) is 0 Å². The van der Waals surface area contributed by atoms with Crippen LogP contribution in [-0.4, -0.2) is 15.8 Å². The van der Waals surface area contributed by atoms with Crippen LogP contribution in [0.1, 0.15) is 18.2 Å². The first-order valence-corrected chi connectivity index (χ1v) is 9.91. The van der Waals surface area contributed by atoms with Gasteiger partial charge >= 0.3 is 0 Å². The van der Waals surface area contributed by atoms with Crippen molar-refractivity contribution >= 4 is 44.6 Å². The van der Waals surface area contributed by atoms with E-state index in [9.17, 15) is 0 Å². The number of nitrogens with one attached hydrogen (secondary N) is 1. The van der Waals surface area contributed by atoms with Gasteiger partial charge in [0.15, 0.2) is 0 Å². The third kappa shape index (κ3) is 2.93. The second-order valence-corrected chi connectivity index (χ2v) is 7.20. The van der Waals surface area contributed by atoms with Crippen LogP contribution in [-0.2, 0) is 6.54 Å². The average molecular weight is 378 g/mol. The van der Waals surface area contributed by atoms with Crippen LogP contribution in [0.3, 0.4) is 0 Å². The molecule has 0 spiro atoms. The van der Waals surface area contributed by atoms with E-state index in [1.165, 1.54) is 21.8 Å². The number of nitrogens with zero attached hydrogens (tertiary/aromatic N) is 3. The Balaban J connectivity index is 1.59. The van der Waals surface area contributed by atoms with Gasteiger partial charge in [0.1, 0.15) is 0 Å². The standard InChI is InChI=1S/C25H22N4/c1-3-29-24-14-7-5-10-19(24)20-12-8-9-18(25(20)29)16-26-28-23-15-17(2)27-22-13-6-4-11-21(22)23/h4-16H,3H2,1-2H3,(H,27,28)/b26-16+. The van der Waals surface area contributed by atoms with Crippen molar-refractivity contribution in [2.45, 2.75) is 20.4 Å². The van der Waals surface area contributed by atoms with Crippen LogP contribution < -0.4 is 5.43 Å². The van der Waals surface area contributed by atoms with Crippen molar-refractivity contribution in [3.8, 4) is 0 Å². The summed E-state index contributed by atoms with van der Waals surface area (Å²) in [5.41, 5.74) is 9.72. The number of anilines is 1. The predicted octanol–water partition coefficient (Wildman–Crippen LogP) is 6.12. The Hall–Kier alpha value is -3.66. The maximum absolute atomic E-state index is 4.60. The molecule has 29 heavy (non-hydrogen) atoms. The minimum absolute atomic E-state index is 0.913. The van der Waals surface area contributed by atoms with Crippen molar-refractivity contribution in [3.63, 3.8) is 0 Å². The molecule has 0 amide bonds. The van der Waals surface area contributed by atoms with E-state index in [-0.39, 0.29) is 0 Å². The molecule has 2 aromatic heterocycles. The van der Waals surface area contributed by atoms with Gasteiger partial charge in [0.2, 0.25) is 0 Å². The summed E-state index contributed by atoms with van der Waals surface area (Å²) in [5.74, 6) is 0. The number of para-hydroxylation sites is 3. The van der Waals surface area contributed by atoms with Gasteiger partial charge in [0, 0.05) is 39.5 Å². The molecule has 0 aliphatic carbocycles. The van der Waals surface area contributed by atoms with E-state index in [4.69, 9.17) is 0 Å². The maximum Gasteiger partial charge on any atom is 0.0726 e. The zero-order valence-corrected chi connectivity index (χ0v) is 16.6. The highest BCUT2D eigenvalue weighted by molar-refractivity contribution is 6.13. The van der Waals surface area contributed by atoms with Crippen molar-refractivity contribution < 1.29 is 0 Å². The highest BCUT2D eigenvalue weighted by Gasteiger charge is 2.11. The highest BCUT2D eigenvalue weighted by Crippen LogP contribution is 2.30.